The van der Waals surface area contributed by atoms with E-state index in [-0.39, 0.29) is 11.7 Å². The molecule has 6 nitrogen and oxygen atoms in total. The fraction of sp³-hybridized carbons (Fsp3) is 0.381. The molecule has 4 rings (SSSR count). The molecule has 1 saturated carbocycles. The summed E-state index contributed by atoms with van der Waals surface area (Å²) in [6.07, 6.45) is 1.36. The summed E-state index contributed by atoms with van der Waals surface area (Å²) in [5, 5.41) is 14.5. The van der Waals surface area contributed by atoms with Crippen LogP contribution in [0.3, 0.4) is 0 Å². The van der Waals surface area contributed by atoms with Gasteiger partial charge in [-0.05, 0) is 55.2 Å². The number of thiocarbonyl (C=S) groups is 1. The third-order valence-corrected chi connectivity index (χ3v) is 5.32. The largest absolute Gasteiger partial charge is 0.435 e. The molecule has 1 aliphatic rings. The smallest absolute Gasteiger partial charge is 0.362 e. The van der Waals surface area contributed by atoms with Crippen molar-refractivity contribution in [1.82, 2.24) is 24.9 Å². The molecule has 1 aromatic carbocycles. The molecule has 0 aliphatic heterocycles. The van der Waals surface area contributed by atoms with Gasteiger partial charge in [-0.15, -0.1) is 0 Å². The van der Waals surface area contributed by atoms with Crippen molar-refractivity contribution in [3.05, 3.63) is 65.5 Å². The first-order valence-corrected chi connectivity index (χ1v) is 10.7. The molecule has 0 unspecified atom stereocenters. The van der Waals surface area contributed by atoms with Gasteiger partial charge in [-0.25, -0.2) is 4.39 Å². The first-order valence-electron chi connectivity index (χ1n) is 10.2. The van der Waals surface area contributed by atoms with Gasteiger partial charge in [0.15, 0.2) is 10.8 Å². The van der Waals surface area contributed by atoms with Gasteiger partial charge in [-0.1, -0.05) is 12.1 Å². The summed E-state index contributed by atoms with van der Waals surface area (Å²) in [6, 6.07) is 7.36. The molecule has 2 N–H and O–H groups in total. The summed E-state index contributed by atoms with van der Waals surface area (Å²) in [7, 11) is 0. The maximum Gasteiger partial charge on any atom is 0.435 e. The molecule has 170 valence electrons. The fourth-order valence-electron chi connectivity index (χ4n) is 3.35. The lowest BCUT2D eigenvalue weighted by Gasteiger charge is -2.10. The first kappa shape index (κ1) is 22.3. The van der Waals surface area contributed by atoms with E-state index in [4.69, 9.17) is 12.2 Å². The number of halogens is 4. The Kier molecular flexibility index (Phi) is 6.45. The summed E-state index contributed by atoms with van der Waals surface area (Å²) in [4.78, 5) is 0. The van der Waals surface area contributed by atoms with Gasteiger partial charge in [0.25, 0.3) is 0 Å². The second-order valence-corrected chi connectivity index (χ2v) is 8.15. The van der Waals surface area contributed by atoms with E-state index in [0.717, 1.165) is 18.4 Å². The van der Waals surface area contributed by atoms with Crippen molar-refractivity contribution in [2.45, 2.75) is 44.4 Å². The van der Waals surface area contributed by atoms with E-state index in [0.29, 0.717) is 42.5 Å². The molecule has 1 fully saturated rings. The molecule has 0 radical (unpaired) electrons. The highest BCUT2D eigenvalue weighted by molar-refractivity contribution is 7.80. The number of benzene rings is 1. The molecule has 3 aromatic rings. The Labute approximate surface area is 187 Å². The SMILES string of the molecule is Fc1ccc(Cn2cc(NC(=S)NCCCn3nc(C(F)(F)F)cc3C3CC3)cn2)cc1. The van der Waals surface area contributed by atoms with Gasteiger partial charge in [-0.2, -0.15) is 23.4 Å². The molecule has 0 bridgehead atoms. The zero-order valence-electron chi connectivity index (χ0n) is 17.1. The minimum absolute atomic E-state index is 0.181. The molecule has 2 heterocycles. The monoisotopic (exact) mass is 466 g/mol. The van der Waals surface area contributed by atoms with E-state index < -0.39 is 11.9 Å². The highest BCUT2D eigenvalue weighted by atomic mass is 32.1. The number of nitrogens with zero attached hydrogens (tertiary/aromatic N) is 4. The molecule has 0 spiro atoms. The molecule has 0 amide bonds. The number of rotatable bonds is 8. The molecule has 0 atom stereocenters. The van der Waals surface area contributed by atoms with Crippen LogP contribution >= 0.6 is 12.2 Å². The van der Waals surface area contributed by atoms with Gasteiger partial charge in [0.2, 0.25) is 0 Å². The second kappa shape index (κ2) is 9.27. The first-order chi connectivity index (χ1) is 15.3. The van der Waals surface area contributed by atoms with Crippen LogP contribution in [-0.4, -0.2) is 31.2 Å². The van der Waals surface area contributed by atoms with Crippen LogP contribution in [-0.2, 0) is 19.3 Å². The Bertz CT molecular complexity index is 1070. The van der Waals surface area contributed by atoms with Crippen LogP contribution in [0.2, 0.25) is 0 Å². The Morgan fingerprint density at radius 1 is 1.19 bits per heavy atom. The number of anilines is 1. The molecular weight excluding hydrogens is 444 g/mol. The van der Waals surface area contributed by atoms with Crippen LogP contribution in [0.5, 0.6) is 0 Å². The number of hydrogen-bond donors (Lipinski definition) is 2. The van der Waals surface area contributed by atoms with Crippen molar-refractivity contribution >= 4 is 23.0 Å². The maximum atomic E-state index is 13.0. The van der Waals surface area contributed by atoms with E-state index in [2.05, 4.69) is 20.8 Å². The quantitative estimate of drug-likeness (QED) is 0.290. The summed E-state index contributed by atoms with van der Waals surface area (Å²) in [5.41, 5.74) is 1.44. The maximum absolute atomic E-state index is 13.0. The molecular formula is C21H22F4N6S. The molecule has 2 aromatic heterocycles. The fourth-order valence-corrected chi connectivity index (χ4v) is 3.57. The van der Waals surface area contributed by atoms with E-state index in [1.807, 2.05) is 0 Å². The van der Waals surface area contributed by atoms with Gasteiger partial charge in [0, 0.05) is 30.9 Å². The van der Waals surface area contributed by atoms with Crippen molar-refractivity contribution in [2.24, 2.45) is 0 Å². The van der Waals surface area contributed by atoms with Gasteiger partial charge < -0.3 is 10.6 Å². The second-order valence-electron chi connectivity index (χ2n) is 7.74. The Morgan fingerprint density at radius 2 is 1.94 bits per heavy atom. The third kappa shape index (κ3) is 5.84. The Hall–Kier alpha value is -2.95. The van der Waals surface area contributed by atoms with E-state index in [1.165, 1.54) is 22.9 Å². The lowest BCUT2D eigenvalue weighted by Crippen LogP contribution is -2.29. The van der Waals surface area contributed by atoms with Crippen LogP contribution in [0, 0.1) is 5.82 Å². The average Bonchev–Trinajstić information content (AvgIpc) is 3.33. The number of nitrogens with one attached hydrogen (secondary N) is 2. The number of hydrogen-bond acceptors (Lipinski definition) is 3. The van der Waals surface area contributed by atoms with Gasteiger partial charge in [-0.3, -0.25) is 9.36 Å². The van der Waals surface area contributed by atoms with Crippen LogP contribution < -0.4 is 10.6 Å². The van der Waals surface area contributed by atoms with Crippen LogP contribution in [0.4, 0.5) is 23.2 Å². The van der Waals surface area contributed by atoms with Gasteiger partial charge in [0.1, 0.15) is 5.82 Å². The highest BCUT2D eigenvalue weighted by Crippen LogP contribution is 2.42. The molecule has 0 saturated heterocycles. The topological polar surface area (TPSA) is 59.7 Å². The van der Waals surface area contributed by atoms with Crippen molar-refractivity contribution in [3.8, 4) is 0 Å². The predicted octanol–water partition coefficient (Wildman–Crippen LogP) is 4.54. The lowest BCUT2D eigenvalue weighted by atomic mass is 10.2. The zero-order chi connectivity index (χ0) is 22.7. The predicted molar refractivity (Wildman–Crippen MR) is 116 cm³/mol. The van der Waals surface area contributed by atoms with Crippen LogP contribution in [0.25, 0.3) is 0 Å². The van der Waals surface area contributed by atoms with Gasteiger partial charge in [0.05, 0.1) is 18.4 Å². The van der Waals surface area contributed by atoms with Crippen molar-refractivity contribution in [2.75, 3.05) is 11.9 Å². The number of aryl methyl sites for hydroxylation is 1. The summed E-state index contributed by atoms with van der Waals surface area (Å²) in [6.45, 7) is 1.36. The lowest BCUT2D eigenvalue weighted by molar-refractivity contribution is -0.141. The van der Waals surface area contributed by atoms with Crippen LogP contribution in [0.1, 0.15) is 42.1 Å². The Balaban J connectivity index is 1.23. The summed E-state index contributed by atoms with van der Waals surface area (Å²) in [5.74, 6) is -0.106. The molecule has 1 aliphatic carbocycles. The van der Waals surface area contributed by atoms with E-state index >= 15 is 0 Å². The Morgan fingerprint density at radius 3 is 2.62 bits per heavy atom. The van der Waals surface area contributed by atoms with E-state index in [9.17, 15) is 17.6 Å². The van der Waals surface area contributed by atoms with E-state index in [1.54, 1.807) is 29.2 Å². The van der Waals surface area contributed by atoms with Crippen LogP contribution in [0.15, 0.2) is 42.7 Å². The number of aromatic nitrogens is 4. The average molecular weight is 467 g/mol. The van der Waals surface area contributed by atoms with Crippen molar-refractivity contribution in [3.63, 3.8) is 0 Å². The summed E-state index contributed by atoms with van der Waals surface area (Å²) >= 11 is 5.28. The summed E-state index contributed by atoms with van der Waals surface area (Å²) < 4.78 is 55.1. The minimum Gasteiger partial charge on any atom is -0.362 e. The van der Waals surface area contributed by atoms with Crippen molar-refractivity contribution < 1.29 is 17.6 Å². The van der Waals surface area contributed by atoms with Gasteiger partial charge >= 0.3 is 6.18 Å². The third-order valence-electron chi connectivity index (χ3n) is 5.08. The standard InChI is InChI=1S/C21H22F4N6S/c22-16-6-2-14(3-7-16)12-30-13-17(11-27-30)28-20(32)26-8-1-9-31-18(15-4-5-15)10-19(29-31)21(23,24)25/h2-3,6-7,10-11,13,15H,1,4-5,8-9,12H2,(H2,26,28,32). The highest BCUT2D eigenvalue weighted by Gasteiger charge is 2.37. The molecule has 11 heteroatoms. The number of alkyl halides is 3. The normalized spacial score (nSPS) is 13.9. The zero-order valence-corrected chi connectivity index (χ0v) is 17.9. The minimum atomic E-state index is -4.43. The van der Waals surface area contributed by atoms with Crippen molar-refractivity contribution in [1.29, 1.82) is 0 Å². The molecule has 32 heavy (non-hydrogen) atoms.